The van der Waals surface area contributed by atoms with Crippen LogP contribution in [0.4, 0.5) is 13.2 Å². The summed E-state index contributed by atoms with van der Waals surface area (Å²) in [5, 5.41) is 68.2. The van der Waals surface area contributed by atoms with Crippen molar-refractivity contribution in [1.29, 1.82) is 0 Å². The smallest absolute Gasteiger partial charge is 0.416 e. The number of Topliss-reactive ketones (excluding diaryl/α,β-unsaturated/α-hetero) is 3. The molecule has 140 heavy (non-hydrogen) atoms. The number of carboxylic acids is 3. The molecule has 1 aliphatic rings. The van der Waals surface area contributed by atoms with Gasteiger partial charge in [0.15, 0.2) is 16.8 Å². The molecule has 6 atom stereocenters. The van der Waals surface area contributed by atoms with Gasteiger partial charge in [0.05, 0.1) is 29.4 Å². The van der Waals surface area contributed by atoms with E-state index in [1.807, 2.05) is 60.7 Å². The van der Waals surface area contributed by atoms with E-state index in [-0.39, 0.29) is 49.9 Å². The summed E-state index contributed by atoms with van der Waals surface area (Å²) in [5.74, 6) is -7.98. The monoisotopic (exact) mass is 1970 g/mol. The number of carbonyl (C=O) groups is 9. The summed E-state index contributed by atoms with van der Waals surface area (Å²) in [6, 6.07) is 24.3. The second-order valence-corrected chi connectivity index (χ2v) is 33.8. The molecule has 3 aromatic carbocycles. The number of carbonyl (C=O) groups excluding carboxylic acids is 18. The van der Waals surface area contributed by atoms with E-state index < -0.39 is 81.9 Å². The highest BCUT2D eigenvalue weighted by atomic mass is 19.4. The first kappa shape index (κ1) is 134. The highest BCUT2D eigenvalue weighted by Gasteiger charge is 2.45. The molecule has 0 aliphatic heterocycles. The van der Waals surface area contributed by atoms with E-state index in [0.717, 1.165) is 189 Å². The van der Waals surface area contributed by atoms with Crippen LogP contribution in [0.3, 0.4) is 0 Å². The summed E-state index contributed by atoms with van der Waals surface area (Å²) in [6.45, 7) is 10.6. The number of ketones is 3. The topological polar surface area (TPSA) is 538 Å². The SMILES string of the molecule is CCCCCCCC(=O)CCCCCC/C=C/[C@H](C(=O)NCCc1ccc(-c2cccnc2)cc1)[C@](C)(O)C(=O)O.CCCCCCCC(=O)CCCCCC/C=C/[C@H](C(=O)NCCc1ccc(C(F)(F)F)cc1)[C@](C)(O)C(=O)O.CCCCCCCC(=O)CCCCCC/C=C/[C@H](C(=O)NCCc1ccc(OC2CCCCC2)cc1)[C@](C)(O)C(=O)O.O=C=O.O=C=O.O=C=O.O=C=O.O=C=O.O=C=O. The molecule has 0 bridgehead atoms. The molecule has 1 saturated carbocycles. The number of alkyl halides is 3. The van der Waals surface area contributed by atoms with Crippen LogP contribution in [0.15, 0.2) is 134 Å². The van der Waals surface area contributed by atoms with Crippen LogP contribution >= 0.6 is 0 Å². The zero-order valence-electron chi connectivity index (χ0n) is 82.0. The van der Waals surface area contributed by atoms with Crippen LogP contribution in [0.2, 0.25) is 0 Å². The molecular weight excluding hydrogens is 1820 g/mol. The standard InChI is InChI=1S/C35H55NO6.C34H48N2O5.C30H44F3NO5.6CO2/c1-3-4-5-8-12-17-29(37)18-13-9-6-7-10-16-21-32(35(2,41)34(39)40)33(38)36-27-26-28-22-24-31(25-23-28)42-30-19-14-11-15-20-30;1-3-4-5-8-11-16-30(37)17-12-9-6-7-10-13-18-31(34(2,41)33(39)40)32(38)36-25-23-27-19-21-28(22-20-27)29-15-14-24-35-26-29;1-3-4-5-8-11-14-25(35)15-12-9-6-7-10-13-16-26(29(2,39)28(37)38)27(36)34-22-21-23-17-19-24(20-18-23)30(31,32)33;6*2-1-3/h16,21-25,30,32,41H,3-15,17-20,26-27H2,1-2H3,(H,36,38)(H,39,40);13-15,18-22,24,26,31,41H,3-12,16-17,23,25H2,1-2H3,(H,36,38)(H,39,40);13,16-20,26,39H,3-12,14-15,21-22H2,1-2H3,(H,34,36)(H,37,38);;;;;;/b21-16+;18-13+;16-13+;;;;;;/t32-,35+;31-,34+;26-,29+;;;;;;/m111....../s1. The van der Waals surface area contributed by atoms with Gasteiger partial charge in [0.1, 0.15) is 23.1 Å². The Morgan fingerprint density at radius 3 is 0.900 bits per heavy atom. The molecule has 35 heteroatoms. The first-order valence-electron chi connectivity index (χ1n) is 48.0. The largest absolute Gasteiger partial charge is 0.490 e. The summed E-state index contributed by atoms with van der Waals surface area (Å²) in [7, 11) is 0. The maximum absolute atomic E-state index is 12.9. The Kier molecular flexibility index (Phi) is 83.1. The lowest BCUT2D eigenvalue weighted by atomic mass is 9.87. The van der Waals surface area contributed by atoms with Crippen LogP contribution in [-0.4, -0.2) is 168 Å². The van der Waals surface area contributed by atoms with E-state index >= 15 is 0 Å². The quantitative estimate of drug-likeness (QED) is 0.0146. The number of nitrogens with one attached hydrogen (secondary N) is 3. The van der Waals surface area contributed by atoms with Gasteiger partial charge in [-0.2, -0.15) is 70.7 Å². The van der Waals surface area contributed by atoms with Gasteiger partial charge in [-0.3, -0.25) is 33.8 Å². The summed E-state index contributed by atoms with van der Waals surface area (Å²) < 4.78 is 44.2. The van der Waals surface area contributed by atoms with Crippen LogP contribution in [0.1, 0.15) is 327 Å². The van der Waals surface area contributed by atoms with Crippen molar-refractivity contribution in [3.63, 3.8) is 0 Å². The number of pyridine rings is 1. The first-order chi connectivity index (χ1) is 66.9. The minimum absolute atomic E-state index is 0.0711. The Morgan fingerprint density at radius 2 is 0.643 bits per heavy atom. The molecule has 1 aromatic heterocycles. The van der Waals surface area contributed by atoms with Gasteiger partial charge in [-0.05, 0) is 201 Å². The third-order valence-electron chi connectivity index (χ3n) is 22.5. The van der Waals surface area contributed by atoms with E-state index in [9.17, 15) is 87.0 Å². The second-order valence-electron chi connectivity index (χ2n) is 33.8. The van der Waals surface area contributed by atoms with Crippen molar-refractivity contribution in [3.05, 3.63) is 156 Å². The predicted molar refractivity (Wildman–Crippen MR) is 506 cm³/mol. The van der Waals surface area contributed by atoms with Gasteiger partial charge < -0.3 is 51.3 Å². The number of ether oxygens (including phenoxy) is 1. The van der Waals surface area contributed by atoms with Crippen molar-refractivity contribution in [2.75, 3.05) is 19.6 Å². The van der Waals surface area contributed by atoms with Crippen LogP contribution < -0.4 is 20.7 Å². The predicted octanol–water partition coefficient (Wildman–Crippen LogP) is 17.2. The van der Waals surface area contributed by atoms with E-state index in [1.54, 1.807) is 30.6 Å². The highest BCUT2D eigenvalue weighted by Crippen LogP contribution is 2.31. The summed E-state index contributed by atoms with van der Waals surface area (Å²) in [4.78, 5) is 211. The number of allylic oxidation sites excluding steroid dienone is 3. The average Bonchev–Trinajstić information content (AvgIpc) is 0.834. The summed E-state index contributed by atoms with van der Waals surface area (Å²) in [5.41, 5.74) is -2.80. The fraction of sp³-hybridized carbons (Fsp3) is 0.581. The van der Waals surface area contributed by atoms with E-state index in [4.69, 9.17) is 62.3 Å². The maximum atomic E-state index is 12.9. The number of halogens is 3. The summed E-state index contributed by atoms with van der Waals surface area (Å²) in [6.07, 6.45) is 51.9. The van der Waals surface area contributed by atoms with Crippen molar-refractivity contribution in [2.24, 2.45) is 17.8 Å². The van der Waals surface area contributed by atoms with Crippen molar-refractivity contribution in [1.82, 2.24) is 20.9 Å². The fourth-order valence-corrected chi connectivity index (χ4v) is 14.3. The Labute approximate surface area is 819 Å². The molecular formula is C105H147F3N4O28. The molecule has 5 rings (SSSR count). The molecule has 0 radical (unpaired) electrons. The van der Waals surface area contributed by atoms with Crippen LogP contribution in [0.5, 0.6) is 5.75 Å². The molecule has 1 heterocycles. The van der Waals surface area contributed by atoms with Crippen molar-refractivity contribution < 1.29 is 149 Å². The van der Waals surface area contributed by atoms with Crippen LogP contribution in [0, 0.1) is 17.8 Å². The molecule has 3 amide bonds. The highest BCUT2D eigenvalue weighted by molar-refractivity contribution is 5.92. The van der Waals surface area contributed by atoms with Gasteiger partial charge in [0.25, 0.3) is 0 Å². The number of carboxylic acid groups (broad SMARTS) is 3. The van der Waals surface area contributed by atoms with Gasteiger partial charge >= 0.3 is 61.0 Å². The Hall–Kier alpha value is -12.4. The van der Waals surface area contributed by atoms with E-state index in [1.165, 1.54) is 107 Å². The third-order valence-corrected chi connectivity index (χ3v) is 22.5. The fourth-order valence-electron chi connectivity index (χ4n) is 14.3. The minimum Gasteiger partial charge on any atom is -0.490 e. The molecule has 0 spiro atoms. The third kappa shape index (κ3) is 69.4. The number of aliphatic carboxylic acids is 3. The Morgan fingerprint density at radius 1 is 0.379 bits per heavy atom. The van der Waals surface area contributed by atoms with Crippen LogP contribution in [-0.2, 0) is 126 Å². The number of hydrogen-bond donors (Lipinski definition) is 9. The van der Waals surface area contributed by atoms with Gasteiger partial charge in [0.2, 0.25) is 17.7 Å². The lowest BCUT2D eigenvalue weighted by Crippen LogP contribution is -2.49. The lowest BCUT2D eigenvalue weighted by molar-refractivity contribution is -0.193. The molecule has 9 N–H and O–H groups in total. The molecule has 1 fully saturated rings. The number of aromatic nitrogens is 1. The minimum atomic E-state index is -4.43. The van der Waals surface area contributed by atoms with Gasteiger partial charge in [-0.1, -0.05) is 234 Å². The average molecular weight is 1970 g/mol. The number of aliphatic hydroxyl groups is 3. The molecule has 0 saturated heterocycles. The Balaban J connectivity index is -0.000000909. The maximum Gasteiger partial charge on any atom is 0.416 e. The zero-order valence-corrected chi connectivity index (χ0v) is 82.0. The van der Waals surface area contributed by atoms with Crippen molar-refractivity contribution >= 4 is 89.9 Å². The molecule has 0 unspecified atom stereocenters. The number of unbranched alkanes of at least 4 members (excludes halogenated alkanes) is 24. The van der Waals surface area contributed by atoms with E-state index in [0.29, 0.717) is 113 Å². The number of amides is 3. The normalized spacial score (nSPS) is 13.1. The van der Waals surface area contributed by atoms with Gasteiger partial charge in [-0.25, -0.2) is 14.4 Å². The van der Waals surface area contributed by atoms with Crippen molar-refractivity contribution in [3.8, 4) is 16.9 Å². The number of rotatable bonds is 63. The number of benzene rings is 3. The second kappa shape index (κ2) is 86.9. The lowest BCUT2D eigenvalue weighted by Gasteiger charge is -2.26. The molecule has 4 aromatic rings. The van der Waals surface area contributed by atoms with Crippen molar-refractivity contribution in [2.45, 2.75) is 353 Å². The Bertz CT molecular complexity index is 4260. The van der Waals surface area contributed by atoms with Crippen LogP contribution in [0.25, 0.3) is 11.1 Å². The molecule has 776 valence electrons. The number of hydrogen-bond acceptors (Lipinski definition) is 26. The van der Waals surface area contributed by atoms with E-state index in [2.05, 4.69) is 41.7 Å². The zero-order chi connectivity index (χ0) is 106. The van der Waals surface area contributed by atoms with Gasteiger partial charge in [-0.15, -0.1) is 0 Å². The summed E-state index contributed by atoms with van der Waals surface area (Å²) >= 11 is 0. The molecule has 1 aliphatic carbocycles. The number of nitrogens with zero attached hydrogens (tertiary/aromatic N) is 1. The van der Waals surface area contributed by atoms with Gasteiger partial charge in [0, 0.05) is 70.6 Å². The first-order valence-corrected chi connectivity index (χ1v) is 48.0. The molecule has 32 nitrogen and oxygen atoms in total.